The van der Waals surface area contributed by atoms with Gasteiger partial charge in [-0.25, -0.2) is 19.7 Å². The Morgan fingerprint density at radius 2 is 2.07 bits per heavy atom. The van der Waals surface area contributed by atoms with Crippen molar-refractivity contribution in [1.82, 2.24) is 15.3 Å². The highest BCUT2D eigenvalue weighted by molar-refractivity contribution is 7.07. The van der Waals surface area contributed by atoms with E-state index in [1.54, 1.807) is 17.6 Å². The highest BCUT2D eigenvalue weighted by Gasteiger charge is 2.30. The third kappa shape index (κ3) is 4.37. The topological polar surface area (TPSA) is 83.9 Å². The lowest BCUT2D eigenvalue weighted by atomic mass is 10.1. The largest absolute Gasteiger partial charge is 0.416 e. The van der Waals surface area contributed by atoms with Gasteiger partial charge >= 0.3 is 18.0 Å². The second-order valence-corrected chi connectivity index (χ2v) is 6.98. The lowest BCUT2D eigenvalue weighted by Crippen LogP contribution is -2.28. The van der Waals surface area contributed by atoms with Gasteiger partial charge in [0.25, 0.3) is 0 Å². The lowest BCUT2D eigenvalue weighted by Gasteiger charge is -2.10. The Morgan fingerprint density at radius 3 is 2.83 bits per heavy atom. The molecule has 0 aliphatic rings. The highest BCUT2D eigenvalue weighted by Crippen LogP contribution is 2.29. The molecule has 0 saturated heterocycles. The van der Waals surface area contributed by atoms with Crippen LogP contribution in [-0.4, -0.2) is 16.0 Å². The van der Waals surface area contributed by atoms with Crippen molar-refractivity contribution in [3.05, 3.63) is 64.5 Å². The smallest absolute Gasteiger partial charge is 0.334 e. The number of rotatable bonds is 4. The summed E-state index contributed by atoms with van der Waals surface area (Å²) in [4.78, 5) is 22.8. The molecule has 0 radical (unpaired) electrons. The first-order valence-corrected chi connectivity index (χ1v) is 9.47. The number of amides is 2. The van der Waals surface area contributed by atoms with Crippen LogP contribution in [0.1, 0.15) is 11.1 Å². The van der Waals surface area contributed by atoms with Crippen LogP contribution in [-0.2, 0) is 12.7 Å². The lowest BCUT2D eigenvalue weighted by molar-refractivity contribution is -0.330. The number of carbonyl (C=O) groups excluding carboxylic acids is 1. The molecule has 2 heterocycles. The van der Waals surface area contributed by atoms with Crippen molar-refractivity contribution >= 4 is 34.1 Å². The van der Waals surface area contributed by atoms with Gasteiger partial charge in [0.15, 0.2) is 16.7 Å². The molecule has 0 atom stereocenters. The summed E-state index contributed by atoms with van der Waals surface area (Å²) in [7, 11) is 0. The van der Waals surface area contributed by atoms with Gasteiger partial charge in [0.1, 0.15) is 0 Å². The number of carbonyl (C=O) groups is 1. The number of imidazole rings is 1. The number of hydrogen-bond donors (Lipinski definition) is 3. The molecule has 0 unspecified atom stereocenters. The predicted octanol–water partition coefficient (Wildman–Crippen LogP) is 4.45. The molecule has 4 aromatic rings. The van der Waals surface area contributed by atoms with E-state index in [-0.39, 0.29) is 6.54 Å². The average Bonchev–Trinajstić information content (AvgIpc) is 3.35. The van der Waals surface area contributed by atoms with E-state index >= 15 is 0 Å². The van der Waals surface area contributed by atoms with Gasteiger partial charge in [-0.15, -0.1) is 11.3 Å². The molecule has 4 N–H and O–H groups in total. The number of H-pyrrole nitrogens is 2. The van der Waals surface area contributed by atoms with Crippen LogP contribution in [0.25, 0.3) is 22.6 Å². The standard InChI is InChI=1S/C19H14F3N5OS/c20-19(21,22)12-3-1-2-11(6-12)8-23-18(28)25-13-4-5-14-15(7-13)27-17(26-14)16-9-29-10-24-16/h1-7,9-10H,8H2,(H,26,27)(H2,23,25,28)/p+1. The van der Waals surface area contributed by atoms with Gasteiger partial charge in [-0.05, 0) is 29.8 Å². The van der Waals surface area contributed by atoms with Gasteiger partial charge in [0, 0.05) is 23.7 Å². The zero-order valence-corrected chi connectivity index (χ0v) is 15.6. The second-order valence-electron chi connectivity index (χ2n) is 6.26. The zero-order chi connectivity index (χ0) is 20.4. The van der Waals surface area contributed by atoms with Crippen LogP contribution in [0.3, 0.4) is 0 Å². The Labute approximate surface area is 166 Å². The minimum absolute atomic E-state index is 0.0255. The first-order valence-electron chi connectivity index (χ1n) is 8.53. The molecule has 4 rings (SSSR count). The molecule has 2 aromatic heterocycles. The molecule has 0 aliphatic carbocycles. The molecular formula is C19H15F3N5OS+. The first-order chi connectivity index (χ1) is 13.9. The molecule has 2 amide bonds. The molecule has 0 aliphatic heterocycles. The summed E-state index contributed by atoms with van der Waals surface area (Å²) in [5, 5.41) is 7.14. The van der Waals surface area contributed by atoms with E-state index in [1.165, 1.54) is 23.5 Å². The van der Waals surface area contributed by atoms with Gasteiger partial charge in [-0.1, -0.05) is 12.1 Å². The van der Waals surface area contributed by atoms with Gasteiger partial charge in [-0.2, -0.15) is 13.2 Å². The zero-order valence-electron chi connectivity index (χ0n) is 14.8. The molecule has 148 valence electrons. The Balaban J connectivity index is 1.41. The van der Waals surface area contributed by atoms with Crippen molar-refractivity contribution in [2.75, 3.05) is 5.32 Å². The number of thiazole rings is 1. The van der Waals surface area contributed by atoms with Gasteiger partial charge in [0.2, 0.25) is 0 Å². The highest BCUT2D eigenvalue weighted by atomic mass is 32.1. The van der Waals surface area contributed by atoms with E-state index in [1.807, 2.05) is 11.4 Å². The number of nitrogens with one attached hydrogen (secondary N) is 4. The van der Waals surface area contributed by atoms with Gasteiger partial charge in [-0.3, -0.25) is 0 Å². The Kier molecular flexibility index (Phi) is 4.93. The van der Waals surface area contributed by atoms with Crippen molar-refractivity contribution < 1.29 is 22.9 Å². The van der Waals surface area contributed by atoms with Crippen LogP contribution in [0.5, 0.6) is 0 Å². The molecule has 0 saturated carbocycles. The SMILES string of the molecule is O=C(NCc1cccc(C(F)(F)F)c1)Nc1ccc2[nH+]c(-c3cscn3)[nH]c2c1. The van der Waals surface area contributed by atoms with E-state index in [9.17, 15) is 18.0 Å². The maximum Gasteiger partial charge on any atom is 0.416 e. The number of aromatic amines is 2. The number of benzene rings is 2. The minimum atomic E-state index is -4.42. The molecule has 29 heavy (non-hydrogen) atoms. The molecule has 2 aromatic carbocycles. The van der Waals surface area contributed by atoms with Crippen molar-refractivity contribution in [3.63, 3.8) is 0 Å². The third-order valence-corrected chi connectivity index (χ3v) is 4.78. The Hall–Kier alpha value is -3.40. The summed E-state index contributed by atoms with van der Waals surface area (Å²) in [6, 6.07) is 9.62. The van der Waals surface area contributed by atoms with E-state index < -0.39 is 17.8 Å². The summed E-state index contributed by atoms with van der Waals surface area (Å²) in [6.07, 6.45) is -4.42. The van der Waals surface area contributed by atoms with Crippen LogP contribution >= 0.6 is 11.3 Å². The first kappa shape index (κ1) is 18.9. The van der Waals surface area contributed by atoms with E-state index in [2.05, 4.69) is 25.6 Å². The number of halogens is 3. The normalized spacial score (nSPS) is 11.6. The number of alkyl halides is 3. The maximum atomic E-state index is 12.8. The van der Waals surface area contributed by atoms with Crippen molar-refractivity contribution in [2.24, 2.45) is 0 Å². The van der Waals surface area contributed by atoms with Crippen LogP contribution in [0.2, 0.25) is 0 Å². The molecule has 6 nitrogen and oxygen atoms in total. The summed E-state index contributed by atoms with van der Waals surface area (Å²) < 4.78 is 38.3. The number of hydrogen-bond acceptors (Lipinski definition) is 3. The predicted molar refractivity (Wildman–Crippen MR) is 103 cm³/mol. The molecule has 0 bridgehead atoms. The number of nitrogens with zero attached hydrogens (tertiary/aromatic N) is 1. The van der Waals surface area contributed by atoms with Crippen LogP contribution < -0.4 is 15.6 Å². The molecule has 0 fully saturated rings. The monoisotopic (exact) mass is 418 g/mol. The molecule has 0 spiro atoms. The summed E-state index contributed by atoms with van der Waals surface area (Å²) in [6.45, 7) is -0.0255. The van der Waals surface area contributed by atoms with Gasteiger partial charge in [0.05, 0.1) is 11.1 Å². The fraction of sp³-hybridized carbons (Fsp3) is 0.105. The number of anilines is 1. The van der Waals surface area contributed by atoms with E-state index in [0.717, 1.165) is 34.7 Å². The van der Waals surface area contributed by atoms with E-state index in [0.29, 0.717) is 11.3 Å². The fourth-order valence-corrected chi connectivity index (χ4v) is 3.36. The van der Waals surface area contributed by atoms with E-state index in [4.69, 9.17) is 0 Å². The quantitative estimate of drug-likeness (QED) is 0.458. The number of fused-ring (bicyclic) bond motifs is 1. The average molecular weight is 418 g/mol. The van der Waals surface area contributed by atoms with Crippen LogP contribution in [0.4, 0.5) is 23.7 Å². The Morgan fingerprint density at radius 1 is 1.21 bits per heavy atom. The maximum absolute atomic E-state index is 12.8. The van der Waals surface area contributed by atoms with Crippen LogP contribution in [0.15, 0.2) is 53.4 Å². The minimum Gasteiger partial charge on any atom is -0.334 e. The second kappa shape index (κ2) is 7.55. The Bertz CT molecular complexity index is 1150. The van der Waals surface area contributed by atoms with Crippen molar-refractivity contribution in [3.8, 4) is 11.5 Å². The number of aromatic nitrogens is 3. The number of urea groups is 1. The molecular weight excluding hydrogens is 403 g/mol. The van der Waals surface area contributed by atoms with Crippen molar-refractivity contribution in [2.45, 2.75) is 12.7 Å². The summed E-state index contributed by atoms with van der Waals surface area (Å²) >= 11 is 1.48. The van der Waals surface area contributed by atoms with Gasteiger partial charge < -0.3 is 10.6 Å². The summed E-state index contributed by atoms with van der Waals surface area (Å²) in [5.41, 5.74) is 4.31. The summed E-state index contributed by atoms with van der Waals surface area (Å²) in [5.74, 6) is 0.757. The van der Waals surface area contributed by atoms with Crippen LogP contribution in [0, 0.1) is 0 Å². The molecule has 10 heteroatoms. The fourth-order valence-electron chi connectivity index (χ4n) is 2.81. The van der Waals surface area contributed by atoms with Crippen molar-refractivity contribution in [1.29, 1.82) is 0 Å². The third-order valence-electron chi connectivity index (χ3n) is 4.19.